The minimum atomic E-state index is -1.03. The molecular weight excluding hydrogens is 439 g/mol. The lowest BCUT2D eigenvalue weighted by molar-refractivity contribution is 0.187. The molecule has 10 nitrogen and oxygen atoms in total. The zero-order valence-electron chi connectivity index (χ0n) is 18.4. The molecule has 4 aromatic rings. The van der Waals surface area contributed by atoms with Crippen molar-refractivity contribution in [2.24, 2.45) is 0 Å². The zero-order chi connectivity index (χ0) is 23.7. The number of halogens is 1. The lowest BCUT2D eigenvalue weighted by Crippen LogP contribution is -2.51. The minimum absolute atomic E-state index is 0.158. The Bertz CT molecular complexity index is 1340. The average molecular weight is 462 g/mol. The van der Waals surface area contributed by atoms with E-state index in [1.54, 1.807) is 35.2 Å². The topological polar surface area (TPSA) is 121 Å². The van der Waals surface area contributed by atoms with Gasteiger partial charge in [0.1, 0.15) is 11.4 Å². The van der Waals surface area contributed by atoms with Gasteiger partial charge >= 0.3 is 6.09 Å². The lowest BCUT2D eigenvalue weighted by atomic mass is 9.98. The molecule has 5 rings (SSSR count). The van der Waals surface area contributed by atoms with Crippen LogP contribution in [0, 0.1) is 5.82 Å². The van der Waals surface area contributed by atoms with E-state index in [9.17, 15) is 9.18 Å². The number of nitrogens with zero attached hydrogens (tertiary/aromatic N) is 6. The van der Waals surface area contributed by atoms with Crippen molar-refractivity contribution in [2.75, 3.05) is 16.8 Å². The number of anilines is 3. The van der Waals surface area contributed by atoms with Gasteiger partial charge in [0.25, 0.3) is 0 Å². The summed E-state index contributed by atoms with van der Waals surface area (Å²) in [5, 5.41) is 19.6. The second-order valence-electron chi connectivity index (χ2n) is 8.21. The van der Waals surface area contributed by atoms with E-state index in [1.165, 1.54) is 18.3 Å². The first-order valence-electron chi connectivity index (χ1n) is 10.9. The molecule has 1 saturated heterocycles. The maximum atomic E-state index is 14.3. The zero-order valence-corrected chi connectivity index (χ0v) is 18.4. The molecule has 5 heterocycles. The van der Waals surface area contributed by atoms with Crippen molar-refractivity contribution in [3.63, 3.8) is 0 Å². The lowest BCUT2D eigenvalue weighted by Gasteiger charge is -2.40. The summed E-state index contributed by atoms with van der Waals surface area (Å²) in [5.74, 6) is -0.0190. The van der Waals surface area contributed by atoms with Crippen LogP contribution < -0.4 is 15.5 Å². The minimum Gasteiger partial charge on any atom is -0.465 e. The number of hydrogen-bond acceptors (Lipinski definition) is 7. The van der Waals surface area contributed by atoms with Gasteiger partial charge in [0.2, 0.25) is 5.95 Å². The number of carboxylic acid groups (broad SMARTS) is 1. The highest BCUT2D eigenvalue weighted by molar-refractivity contribution is 5.74. The van der Waals surface area contributed by atoms with Gasteiger partial charge in [-0.15, -0.1) is 0 Å². The van der Waals surface area contributed by atoms with E-state index in [4.69, 9.17) is 5.11 Å². The Kier molecular flexibility index (Phi) is 5.66. The maximum absolute atomic E-state index is 14.3. The summed E-state index contributed by atoms with van der Waals surface area (Å²) in [6.45, 7) is 2.65. The summed E-state index contributed by atoms with van der Waals surface area (Å²) in [7, 11) is 0. The number of pyridine rings is 2. The number of carbonyl (C=O) groups is 1. The number of piperidine rings is 1. The molecule has 1 aliphatic rings. The number of hydrogen-bond donors (Lipinski definition) is 3. The van der Waals surface area contributed by atoms with Crippen LogP contribution in [-0.4, -0.2) is 54.4 Å². The van der Waals surface area contributed by atoms with Crippen molar-refractivity contribution in [1.29, 1.82) is 0 Å². The highest BCUT2D eigenvalue weighted by atomic mass is 19.1. The van der Waals surface area contributed by atoms with Crippen molar-refractivity contribution in [3.8, 4) is 11.4 Å². The van der Waals surface area contributed by atoms with Crippen LogP contribution in [0.3, 0.4) is 0 Å². The second kappa shape index (κ2) is 8.93. The number of imidazole rings is 1. The summed E-state index contributed by atoms with van der Waals surface area (Å²) in [4.78, 5) is 26.1. The Hall–Kier alpha value is -4.28. The van der Waals surface area contributed by atoms with Crippen LogP contribution in [0.25, 0.3) is 16.9 Å². The number of aromatic nitrogens is 5. The smallest absolute Gasteiger partial charge is 0.404 e. The van der Waals surface area contributed by atoms with Gasteiger partial charge in [0, 0.05) is 31.0 Å². The normalized spacial score (nSPS) is 18.1. The molecule has 34 heavy (non-hydrogen) atoms. The fourth-order valence-corrected chi connectivity index (χ4v) is 4.26. The van der Waals surface area contributed by atoms with E-state index in [0.717, 1.165) is 24.0 Å². The first-order chi connectivity index (χ1) is 16.5. The van der Waals surface area contributed by atoms with E-state index < -0.39 is 11.9 Å². The fraction of sp³-hybridized carbons (Fsp3) is 0.261. The van der Waals surface area contributed by atoms with Crippen molar-refractivity contribution < 1.29 is 14.3 Å². The highest BCUT2D eigenvalue weighted by Crippen LogP contribution is 2.32. The van der Waals surface area contributed by atoms with E-state index in [-0.39, 0.29) is 17.8 Å². The van der Waals surface area contributed by atoms with Gasteiger partial charge in [-0.1, -0.05) is 0 Å². The predicted molar refractivity (Wildman–Crippen MR) is 125 cm³/mol. The molecule has 0 aromatic carbocycles. The molecule has 11 heteroatoms. The third-order valence-corrected chi connectivity index (χ3v) is 5.95. The molecule has 1 aliphatic heterocycles. The van der Waals surface area contributed by atoms with Crippen molar-refractivity contribution in [1.82, 2.24) is 29.9 Å². The van der Waals surface area contributed by atoms with E-state index in [0.29, 0.717) is 23.9 Å². The van der Waals surface area contributed by atoms with Crippen molar-refractivity contribution in [3.05, 3.63) is 60.9 Å². The second-order valence-corrected chi connectivity index (χ2v) is 8.21. The van der Waals surface area contributed by atoms with Gasteiger partial charge in [-0.3, -0.25) is 9.97 Å². The molecule has 0 saturated carbocycles. The molecule has 2 atom stereocenters. The van der Waals surface area contributed by atoms with Crippen LogP contribution in [0.4, 0.5) is 26.5 Å². The monoisotopic (exact) mass is 462 g/mol. The van der Waals surface area contributed by atoms with Crippen LogP contribution in [0.2, 0.25) is 0 Å². The van der Waals surface area contributed by atoms with Gasteiger partial charge in [0.15, 0.2) is 5.82 Å². The molecule has 1 fully saturated rings. The summed E-state index contributed by atoms with van der Waals surface area (Å²) >= 11 is 0. The first-order valence-corrected chi connectivity index (χ1v) is 10.9. The van der Waals surface area contributed by atoms with E-state index in [1.807, 2.05) is 6.07 Å². The molecule has 0 spiro atoms. The Morgan fingerprint density at radius 1 is 1.15 bits per heavy atom. The molecule has 0 radical (unpaired) electrons. The molecule has 0 aliphatic carbocycles. The van der Waals surface area contributed by atoms with Crippen LogP contribution in [0.15, 0.2) is 55.1 Å². The SMILES string of the molecule is C[C@@H]1CC[C@@H](NC(=O)O)CN1c1ccncc1Nc1ncc2ccc(-c3ncccc3F)nn12. The standard InChI is InChI=1S/C23H23FN8O2/c1-14-4-5-15(28-23(33)34)13-31(14)20-8-10-25-12-19(20)29-22-27-11-16-6-7-18(30-32(16)22)21-17(24)3-2-9-26-21/h2-3,6-12,14-15,28H,4-5,13H2,1H3,(H,27,29)(H,33,34)/t14-,15-/m1/s1. The van der Waals surface area contributed by atoms with Gasteiger partial charge in [0.05, 0.1) is 29.3 Å². The Balaban J connectivity index is 1.47. The molecular formula is C23H23FN8O2. The first kappa shape index (κ1) is 21.6. The van der Waals surface area contributed by atoms with E-state index >= 15 is 0 Å². The van der Waals surface area contributed by atoms with Gasteiger partial charge < -0.3 is 20.6 Å². The molecule has 4 aromatic heterocycles. The Morgan fingerprint density at radius 2 is 2.03 bits per heavy atom. The molecule has 174 valence electrons. The van der Waals surface area contributed by atoms with Crippen LogP contribution in [0.5, 0.6) is 0 Å². The van der Waals surface area contributed by atoms with Crippen LogP contribution in [-0.2, 0) is 0 Å². The van der Waals surface area contributed by atoms with Crippen molar-refractivity contribution in [2.45, 2.75) is 31.8 Å². The largest absolute Gasteiger partial charge is 0.465 e. The van der Waals surface area contributed by atoms with Crippen LogP contribution in [0.1, 0.15) is 19.8 Å². The van der Waals surface area contributed by atoms with Gasteiger partial charge in [-0.05, 0) is 50.1 Å². The quantitative estimate of drug-likeness (QED) is 0.411. The van der Waals surface area contributed by atoms with Gasteiger partial charge in [-0.25, -0.2) is 14.2 Å². The highest BCUT2D eigenvalue weighted by Gasteiger charge is 2.28. The fourth-order valence-electron chi connectivity index (χ4n) is 4.26. The van der Waals surface area contributed by atoms with Crippen LogP contribution >= 0.6 is 0 Å². The summed E-state index contributed by atoms with van der Waals surface area (Å²) in [6.07, 6.45) is 7.18. The predicted octanol–water partition coefficient (Wildman–Crippen LogP) is 3.69. The third-order valence-electron chi connectivity index (χ3n) is 5.95. The molecule has 0 unspecified atom stereocenters. The average Bonchev–Trinajstić information content (AvgIpc) is 3.23. The number of fused-ring (bicyclic) bond motifs is 1. The summed E-state index contributed by atoms with van der Waals surface area (Å²) in [5.41, 5.74) is 2.85. The summed E-state index contributed by atoms with van der Waals surface area (Å²) in [6, 6.07) is 8.31. The Morgan fingerprint density at radius 3 is 2.85 bits per heavy atom. The number of amides is 1. The van der Waals surface area contributed by atoms with Gasteiger partial charge in [-0.2, -0.15) is 9.61 Å². The molecule has 0 bridgehead atoms. The maximum Gasteiger partial charge on any atom is 0.404 e. The van der Waals surface area contributed by atoms with Crippen molar-refractivity contribution >= 4 is 28.9 Å². The van der Waals surface area contributed by atoms with E-state index in [2.05, 4.69) is 42.5 Å². The number of nitrogens with one attached hydrogen (secondary N) is 2. The Labute approximate surface area is 194 Å². The third kappa shape index (κ3) is 4.19. The summed E-state index contributed by atoms with van der Waals surface area (Å²) < 4.78 is 15.8. The molecule has 1 amide bonds. The molecule has 3 N–H and O–H groups in total. The number of rotatable bonds is 5.